The van der Waals surface area contributed by atoms with Gasteiger partial charge in [-0.25, -0.2) is 4.57 Å². The Labute approximate surface area is 357 Å². The summed E-state index contributed by atoms with van der Waals surface area (Å²) in [5, 5.41) is 0. The molecule has 0 saturated heterocycles. The van der Waals surface area contributed by atoms with E-state index in [1.54, 1.807) is 0 Å². The number of phosphoric acid groups is 1. The van der Waals surface area contributed by atoms with Gasteiger partial charge in [-0.1, -0.05) is 154 Å². The second-order valence-corrected chi connectivity index (χ2v) is 14.9. The summed E-state index contributed by atoms with van der Waals surface area (Å²) >= 11 is 0. The van der Waals surface area contributed by atoms with Crippen LogP contribution in [-0.2, 0) is 32.7 Å². The fraction of sp³-hybridized carbons (Fsp3) is 0.510. The average Bonchev–Trinajstić information content (AvgIpc) is 3.22. The van der Waals surface area contributed by atoms with Crippen molar-refractivity contribution in [2.45, 2.75) is 136 Å². The topological polar surface area (TPSA) is 134 Å². The fourth-order valence-electron chi connectivity index (χ4n) is 4.92. The van der Waals surface area contributed by atoms with Gasteiger partial charge in [-0.05, 0) is 96.3 Å². The first-order chi connectivity index (χ1) is 28.8. The molecule has 2 atom stereocenters. The summed E-state index contributed by atoms with van der Waals surface area (Å²) in [6.45, 7) is 3.34. The standard InChI is InChI=1S/C49H76NO8P/c1-3-5-7-9-11-13-15-17-19-21-23-25-27-29-31-33-35-37-39-41-48(51)55-45-47(46-57-59(53,54)56-44-43-50)58-49(52)42-40-38-36-34-32-30-28-26-24-22-20-18-16-14-12-10-8-6-4-2/h5-8,11-14,17-20,23-26,29-32,36,38,47H,3-4,9-10,15-16,21-22,27-28,33-35,37,39-46,50H2,1-2H3,(H,53,54)/b7-5-,8-6-,13-11-,14-12-,19-17-,20-18-,25-23-,26-24-,31-29-,32-30-,38-36-/t47-/m1/s1. The number of esters is 2. The van der Waals surface area contributed by atoms with Gasteiger partial charge in [0.1, 0.15) is 6.61 Å². The first-order valence-electron chi connectivity index (χ1n) is 21.7. The minimum absolute atomic E-state index is 0.0286. The molecule has 0 rings (SSSR count). The van der Waals surface area contributed by atoms with Crippen LogP contribution in [0.4, 0.5) is 0 Å². The van der Waals surface area contributed by atoms with Crippen LogP contribution >= 0.6 is 7.82 Å². The molecule has 0 amide bonds. The van der Waals surface area contributed by atoms with Crippen molar-refractivity contribution < 1.29 is 37.6 Å². The summed E-state index contributed by atoms with van der Waals surface area (Å²) in [5.74, 6) is -0.981. The van der Waals surface area contributed by atoms with Crippen LogP contribution in [0.15, 0.2) is 134 Å². The lowest BCUT2D eigenvalue weighted by Gasteiger charge is -2.19. The van der Waals surface area contributed by atoms with Gasteiger partial charge in [-0.15, -0.1) is 0 Å². The maximum atomic E-state index is 12.6. The van der Waals surface area contributed by atoms with Gasteiger partial charge in [-0.3, -0.25) is 18.6 Å². The van der Waals surface area contributed by atoms with E-state index in [2.05, 4.69) is 135 Å². The van der Waals surface area contributed by atoms with Gasteiger partial charge in [0.25, 0.3) is 0 Å². The SMILES string of the molecule is CC/C=C\C/C=C\C/C=C\C/C=C\C/C=C\C/C=C\CCC(=O)O[C@H](COC(=O)CCCCC/C=C\C/C=C\C/C=C\C/C=C\C/C=C\CC)COP(=O)(O)OCCN. The molecule has 59 heavy (non-hydrogen) atoms. The Hall–Kier alpha value is -3.85. The van der Waals surface area contributed by atoms with E-state index in [-0.39, 0.29) is 32.6 Å². The van der Waals surface area contributed by atoms with Crippen molar-refractivity contribution in [3.8, 4) is 0 Å². The van der Waals surface area contributed by atoms with Crippen molar-refractivity contribution >= 4 is 19.8 Å². The van der Waals surface area contributed by atoms with E-state index >= 15 is 0 Å². The van der Waals surface area contributed by atoms with Gasteiger partial charge in [0.05, 0.1) is 13.2 Å². The number of hydrogen-bond acceptors (Lipinski definition) is 8. The lowest BCUT2D eigenvalue weighted by molar-refractivity contribution is -0.161. The minimum Gasteiger partial charge on any atom is -0.462 e. The minimum atomic E-state index is -4.42. The van der Waals surface area contributed by atoms with Gasteiger partial charge in [-0.2, -0.15) is 0 Å². The van der Waals surface area contributed by atoms with Gasteiger partial charge >= 0.3 is 19.8 Å². The van der Waals surface area contributed by atoms with E-state index in [0.29, 0.717) is 12.8 Å². The highest BCUT2D eigenvalue weighted by Crippen LogP contribution is 2.43. The molecule has 0 aliphatic carbocycles. The fourth-order valence-corrected chi connectivity index (χ4v) is 5.68. The molecule has 0 aliphatic rings. The molecular weight excluding hydrogens is 762 g/mol. The molecule has 0 heterocycles. The Balaban J connectivity index is 4.38. The number of ether oxygens (including phenoxy) is 2. The number of nitrogens with two attached hydrogens (primary N) is 1. The van der Waals surface area contributed by atoms with E-state index in [1.165, 1.54) is 0 Å². The van der Waals surface area contributed by atoms with Crippen LogP contribution in [0, 0.1) is 0 Å². The zero-order chi connectivity index (χ0) is 43.2. The number of phosphoric ester groups is 1. The molecule has 0 aromatic carbocycles. The molecule has 0 fully saturated rings. The summed E-state index contributed by atoms with van der Waals surface area (Å²) in [5.41, 5.74) is 5.34. The number of rotatable bonds is 38. The van der Waals surface area contributed by atoms with Crippen LogP contribution < -0.4 is 5.73 Å². The third-order valence-electron chi connectivity index (χ3n) is 8.05. The Kier molecular flexibility index (Phi) is 40.9. The van der Waals surface area contributed by atoms with Crippen LogP contribution in [0.1, 0.15) is 129 Å². The number of hydrogen-bond donors (Lipinski definition) is 2. The van der Waals surface area contributed by atoms with Crippen LogP contribution in [0.2, 0.25) is 0 Å². The molecule has 0 spiro atoms. The molecule has 330 valence electrons. The van der Waals surface area contributed by atoms with Crippen molar-refractivity contribution in [3.63, 3.8) is 0 Å². The quantitative estimate of drug-likeness (QED) is 0.0270. The molecule has 0 aliphatic heterocycles. The van der Waals surface area contributed by atoms with Crippen molar-refractivity contribution in [2.24, 2.45) is 5.73 Å². The summed E-state index contributed by atoms with van der Waals surface area (Å²) in [6.07, 6.45) is 60.7. The highest BCUT2D eigenvalue weighted by Gasteiger charge is 2.25. The molecule has 9 nitrogen and oxygen atoms in total. The van der Waals surface area contributed by atoms with E-state index in [1.807, 2.05) is 12.2 Å². The first-order valence-corrected chi connectivity index (χ1v) is 23.2. The third kappa shape index (κ3) is 43.6. The third-order valence-corrected chi connectivity index (χ3v) is 9.03. The van der Waals surface area contributed by atoms with E-state index in [4.69, 9.17) is 24.3 Å². The summed E-state index contributed by atoms with van der Waals surface area (Å²) < 4.78 is 32.7. The molecule has 10 heteroatoms. The summed E-state index contributed by atoms with van der Waals surface area (Å²) in [6, 6.07) is 0. The first kappa shape index (κ1) is 55.2. The van der Waals surface area contributed by atoms with Gasteiger partial charge in [0, 0.05) is 19.4 Å². The zero-order valence-electron chi connectivity index (χ0n) is 36.2. The predicted octanol–water partition coefficient (Wildman–Crippen LogP) is 12.7. The second kappa shape index (κ2) is 43.7. The molecular formula is C49H76NO8P. The predicted molar refractivity (Wildman–Crippen MR) is 247 cm³/mol. The smallest absolute Gasteiger partial charge is 0.462 e. The van der Waals surface area contributed by atoms with Crippen molar-refractivity contribution in [3.05, 3.63) is 134 Å². The van der Waals surface area contributed by atoms with E-state index in [0.717, 1.165) is 89.9 Å². The van der Waals surface area contributed by atoms with Crippen LogP contribution in [0.25, 0.3) is 0 Å². The van der Waals surface area contributed by atoms with Crippen molar-refractivity contribution in [1.29, 1.82) is 0 Å². The summed E-state index contributed by atoms with van der Waals surface area (Å²) in [4.78, 5) is 34.9. The van der Waals surface area contributed by atoms with Crippen LogP contribution in [0.3, 0.4) is 0 Å². The summed E-state index contributed by atoms with van der Waals surface area (Å²) in [7, 11) is -4.42. The second-order valence-electron chi connectivity index (χ2n) is 13.4. The molecule has 0 aromatic heterocycles. The van der Waals surface area contributed by atoms with Crippen molar-refractivity contribution in [2.75, 3.05) is 26.4 Å². The Morgan fingerprint density at radius 1 is 0.508 bits per heavy atom. The monoisotopic (exact) mass is 838 g/mol. The highest BCUT2D eigenvalue weighted by atomic mass is 31.2. The number of carbonyl (C=O) groups is 2. The Morgan fingerprint density at radius 2 is 0.915 bits per heavy atom. The Bertz CT molecular complexity index is 1420. The molecule has 0 bridgehead atoms. The molecule has 0 saturated carbocycles. The normalized spacial score (nSPS) is 14.6. The molecule has 1 unspecified atom stereocenters. The molecule has 0 radical (unpaired) electrons. The van der Waals surface area contributed by atoms with E-state index in [9.17, 15) is 19.0 Å². The van der Waals surface area contributed by atoms with Gasteiger partial charge in [0.15, 0.2) is 6.10 Å². The zero-order valence-corrected chi connectivity index (χ0v) is 37.1. The lowest BCUT2D eigenvalue weighted by atomic mass is 10.1. The lowest BCUT2D eigenvalue weighted by Crippen LogP contribution is -2.29. The van der Waals surface area contributed by atoms with Crippen molar-refractivity contribution in [1.82, 2.24) is 0 Å². The van der Waals surface area contributed by atoms with E-state index < -0.39 is 32.5 Å². The molecule has 0 aromatic rings. The largest absolute Gasteiger partial charge is 0.472 e. The maximum absolute atomic E-state index is 12.6. The number of allylic oxidation sites excluding steroid dienone is 22. The van der Waals surface area contributed by atoms with Gasteiger partial charge < -0.3 is 20.1 Å². The van der Waals surface area contributed by atoms with Crippen LogP contribution in [-0.4, -0.2) is 49.3 Å². The van der Waals surface area contributed by atoms with Crippen LogP contribution in [0.5, 0.6) is 0 Å². The number of carbonyl (C=O) groups excluding carboxylic acids is 2. The molecule has 3 N–H and O–H groups in total. The highest BCUT2D eigenvalue weighted by molar-refractivity contribution is 7.47. The van der Waals surface area contributed by atoms with Gasteiger partial charge in [0.2, 0.25) is 0 Å². The number of unbranched alkanes of at least 4 members (excludes halogenated alkanes) is 3. The maximum Gasteiger partial charge on any atom is 0.472 e. The average molecular weight is 838 g/mol. The Morgan fingerprint density at radius 3 is 1.34 bits per heavy atom.